The van der Waals surface area contributed by atoms with E-state index in [1.807, 2.05) is 50.2 Å². The van der Waals surface area contributed by atoms with Crippen LogP contribution in [0.1, 0.15) is 23.6 Å². The molecular weight excluding hydrogens is 498 g/mol. The van der Waals surface area contributed by atoms with Gasteiger partial charge in [0.2, 0.25) is 11.8 Å². The molecule has 0 fully saturated rings. The first-order chi connectivity index (χ1) is 17.0. The van der Waals surface area contributed by atoms with E-state index in [4.69, 9.17) is 11.6 Å². The minimum atomic E-state index is -4.13. The van der Waals surface area contributed by atoms with Gasteiger partial charge in [0.05, 0.1) is 10.6 Å². The Balaban J connectivity index is 2.05. The number of hydrogen-bond acceptors (Lipinski definition) is 4. The second-order valence-electron chi connectivity index (χ2n) is 8.53. The fourth-order valence-electron chi connectivity index (χ4n) is 3.71. The van der Waals surface area contributed by atoms with E-state index in [1.165, 1.54) is 36.2 Å². The predicted octanol–water partition coefficient (Wildman–Crippen LogP) is 4.32. The minimum Gasteiger partial charge on any atom is -0.357 e. The number of carbonyl (C=O) groups is 2. The Bertz CT molecular complexity index is 1330. The number of hydrogen-bond donors (Lipinski definition) is 1. The Kier molecular flexibility index (Phi) is 8.76. The molecule has 0 aliphatic carbocycles. The molecule has 2 amide bonds. The normalized spacial score (nSPS) is 12.0. The van der Waals surface area contributed by atoms with Crippen molar-refractivity contribution in [2.45, 2.75) is 38.3 Å². The van der Waals surface area contributed by atoms with Crippen LogP contribution >= 0.6 is 11.6 Å². The first kappa shape index (κ1) is 27.2. The van der Waals surface area contributed by atoms with Crippen LogP contribution in [0.4, 0.5) is 5.69 Å². The quantitative estimate of drug-likeness (QED) is 0.449. The van der Waals surface area contributed by atoms with Crippen LogP contribution in [-0.2, 0) is 26.2 Å². The van der Waals surface area contributed by atoms with Gasteiger partial charge < -0.3 is 10.2 Å². The number of halogens is 1. The van der Waals surface area contributed by atoms with Gasteiger partial charge in [0.15, 0.2) is 0 Å². The molecule has 36 heavy (non-hydrogen) atoms. The molecule has 0 spiro atoms. The number of anilines is 1. The van der Waals surface area contributed by atoms with Crippen LogP contribution in [0.25, 0.3) is 0 Å². The number of nitrogens with one attached hydrogen (secondary N) is 1. The van der Waals surface area contributed by atoms with Crippen LogP contribution < -0.4 is 9.62 Å². The lowest BCUT2D eigenvalue weighted by Gasteiger charge is -2.32. The number of sulfonamides is 1. The van der Waals surface area contributed by atoms with Crippen molar-refractivity contribution in [3.63, 3.8) is 0 Å². The SMILES string of the molecule is CNC(=O)[C@@H](C)N(Cc1ccccc1)C(=O)CN(c1ccc(C)c(C)c1)S(=O)(=O)c1ccc(Cl)cc1. The summed E-state index contributed by atoms with van der Waals surface area (Å²) in [6, 6.07) is 19.4. The van der Waals surface area contributed by atoms with Crippen LogP contribution in [-0.4, -0.2) is 44.8 Å². The van der Waals surface area contributed by atoms with Crippen LogP contribution in [0.5, 0.6) is 0 Å². The third kappa shape index (κ3) is 6.25. The minimum absolute atomic E-state index is 0.00638. The lowest BCUT2D eigenvalue weighted by Crippen LogP contribution is -2.50. The van der Waals surface area contributed by atoms with Crippen molar-refractivity contribution < 1.29 is 18.0 Å². The van der Waals surface area contributed by atoms with Gasteiger partial charge in [-0.05, 0) is 73.9 Å². The van der Waals surface area contributed by atoms with Crippen LogP contribution in [0, 0.1) is 13.8 Å². The highest BCUT2D eigenvalue weighted by molar-refractivity contribution is 7.92. The van der Waals surface area contributed by atoms with E-state index < -0.39 is 28.5 Å². The van der Waals surface area contributed by atoms with E-state index >= 15 is 0 Å². The summed E-state index contributed by atoms with van der Waals surface area (Å²) in [5.74, 6) is -0.858. The molecule has 190 valence electrons. The van der Waals surface area contributed by atoms with Gasteiger partial charge in [0.25, 0.3) is 10.0 Å². The zero-order valence-corrected chi connectivity index (χ0v) is 22.3. The molecule has 0 bridgehead atoms. The van der Waals surface area contributed by atoms with Crippen molar-refractivity contribution >= 4 is 39.1 Å². The number of amides is 2. The van der Waals surface area contributed by atoms with E-state index in [0.717, 1.165) is 21.0 Å². The number of nitrogens with zero attached hydrogens (tertiary/aromatic N) is 2. The maximum absolute atomic E-state index is 13.7. The molecule has 3 aromatic rings. The zero-order chi connectivity index (χ0) is 26.5. The molecule has 0 aliphatic rings. The fourth-order valence-corrected chi connectivity index (χ4v) is 5.25. The molecule has 0 aliphatic heterocycles. The summed E-state index contributed by atoms with van der Waals surface area (Å²) in [6.45, 7) is 5.09. The second-order valence-corrected chi connectivity index (χ2v) is 10.8. The molecule has 0 saturated carbocycles. The van der Waals surface area contributed by atoms with Crippen molar-refractivity contribution in [3.05, 3.63) is 94.5 Å². The molecule has 0 unspecified atom stereocenters. The van der Waals surface area contributed by atoms with Gasteiger partial charge >= 0.3 is 0 Å². The lowest BCUT2D eigenvalue weighted by molar-refractivity contribution is -0.139. The fraction of sp³-hybridized carbons (Fsp3) is 0.259. The zero-order valence-electron chi connectivity index (χ0n) is 20.7. The third-order valence-corrected chi connectivity index (χ3v) is 8.11. The van der Waals surface area contributed by atoms with E-state index in [-0.39, 0.29) is 17.3 Å². The molecule has 0 heterocycles. The molecule has 0 radical (unpaired) electrons. The second kappa shape index (κ2) is 11.6. The van der Waals surface area contributed by atoms with Gasteiger partial charge in [-0.25, -0.2) is 8.42 Å². The summed E-state index contributed by atoms with van der Waals surface area (Å²) in [5, 5.41) is 2.97. The molecule has 0 aromatic heterocycles. The maximum atomic E-state index is 13.7. The monoisotopic (exact) mass is 527 g/mol. The van der Waals surface area contributed by atoms with Crippen LogP contribution in [0.15, 0.2) is 77.7 Å². The smallest absolute Gasteiger partial charge is 0.264 e. The standard InChI is InChI=1S/C27H30ClN3O4S/c1-19-10-13-24(16-20(19)2)31(36(34,35)25-14-11-23(28)12-15-25)18-26(32)30(21(3)27(33)29-4)17-22-8-6-5-7-9-22/h5-16,21H,17-18H2,1-4H3,(H,29,33)/t21-/m1/s1. The molecule has 3 rings (SSSR count). The van der Waals surface area contributed by atoms with Crippen molar-refractivity contribution in [2.24, 2.45) is 0 Å². The summed E-state index contributed by atoms with van der Waals surface area (Å²) in [6.07, 6.45) is 0. The van der Waals surface area contributed by atoms with E-state index in [1.54, 1.807) is 19.1 Å². The predicted molar refractivity (Wildman–Crippen MR) is 142 cm³/mol. The van der Waals surface area contributed by atoms with Crippen LogP contribution in [0.2, 0.25) is 5.02 Å². The molecular formula is C27H30ClN3O4S. The molecule has 9 heteroatoms. The van der Waals surface area contributed by atoms with Crippen molar-refractivity contribution in [1.29, 1.82) is 0 Å². The van der Waals surface area contributed by atoms with Crippen LogP contribution in [0.3, 0.4) is 0 Å². The highest BCUT2D eigenvalue weighted by atomic mass is 35.5. The topological polar surface area (TPSA) is 86.8 Å². The number of rotatable bonds is 9. The largest absolute Gasteiger partial charge is 0.357 e. The van der Waals surface area contributed by atoms with Crippen molar-refractivity contribution in [2.75, 3.05) is 17.9 Å². The molecule has 7 nitrogen and oxygen atoms in total. The summed E-state index contributed by atoms with van der Waals surface area (Å²) in [4.78, 5) is 27.6. The Hall–Kier alpha value is -3.36. The molecule has 3 aromatic carbocycles. The average Bonchev–Trinajstić information content (AvgIpc) is 2.87. The third-order valence-electron chi connectivity index (χ3n) is 6.07. The summed E-state index contributed by atoms with van der Waals surface area (Å²) < 4.78 is 28.6. The summed E-state index contributed by atoms with van der Waals surface area (Å²) in [7, 11) is -2.63. The molecule has 1 N–H and O–H groups in total. The number of benzene rings is 3. The Morgan fingerprint density at radius 1 is 0.944 bits per heavy atom. The maximum Gasteiger partial charge on any atom is 0.264 e. The Morgan fingerprint density at radius 2 is 1.58 bits per heavy atom. The Labute approximate surface area is 217 Å². The average molecular weight is 528 g/mol. The molecule has 1 atom stereocenters. The van der Waals surface area contributed by atoms with Gasteiger partial charge in [-0.1, -0.05) is 48.0 Å². The van der Waals surface area contributed by atoms with E-state index in [9.17, 15) is 18.0 Å². The summed E-state index contributed by atoms with van der Waals surface area (Å²) >= 11 is 5.97. The van der Waals surface area contributed by atoms with Gasteiger partial charge in [0.1, 0.15) is 12.6 Å². The highest BCUT2D eigenvalue weighted by Gasteiger charge is 2.32. The first-order valence-electron chi connectivity index (χ1n) is 11.4. The van der Waals surface area contributed by atoms with Crippen molar-refractivity contribution in [3.8, 4) is 0 Å². The van der Waals surface area contributed by atoms with E-state index in [2.05, 4.69) is 5.32 Å². The highest BCUT2D eigenvalue weighted by Crippen LogP contribution is 2.27. The van der Waals surface area contributed by atoms with Gasteiger partial charge in [-0.15, -0.1) is 0 Å². The van der Waals surface area contributed by atoms with Crippen molar-refractivity contribution in [1.82, 2.24) is 10.2 Å². The van der Waals surface area contributed by atoms with Gasteiger partial charge in [0, 0.05) is 18.6 Å². The number of aryl methyl sites for hydroxylation is 2. The van der Waals surface area contributed by atoms with Gasteiger partial charge in [-0.3, -0.25) is 13.9 Å². The number of carbonyl (C=O) groups excluding carboxylic acids is 2. The lowest BCUT2D eigenvalue weighted by atomic mass is 10.1. The number of likely N-dealkylation sites (N-methyl/N-ethyl adjacent to an activating group) is 1. The molecule has 0 saturated heterocycles. The van der Waals surface area contributed by atoms with E-state index in [0.29, 0.717) is 10.7 Å². The summed E-state index contributed by atoms with van der Waals surface area (Å²) in [5.41, 5.74) is 3.05. The van der Waals surface area contributed by atoms with Gasteiger partial charge in [-0.2, -0.15) is 0 Å². The first-order valence-corrected chi connectivity index (χ1v) is 13.3. The Morgan fingerprint density at radius 3 is 2.17 bits per heavy atom.